The molecule has 0 aliphatic rings. The van der Waals surface area contributed by atoms with Crippen molar-refractivity contribution in [2.75, 3.05) is 19.0 Å². The minimum Gasteiger partial charge on any atom is -0.332 e. The Morgan fingerprint density at radius 1 is 1.10 bits per heavy atom. The van der Waals surface area contributed by atoms with E-state index in [1.165, 1.54) is 9.78 Å². The lowest BCUT2D eigenvalue weighted by atomic mass is 9.94. The van der Waals surface area contributed by atoms with Crippen LogP contribution in [0.1, 0.15) is 29.2 Å². The van der Waals surface area contributed by atoms with Crippen molar-refractivity contribution < 1.29 is 9.59 Å². The molecule has 2 rings (SSSR count). The Kier molecular flexibility index (Phi) is 8.47. The van der Waals surface area contributed by atoms with Crippen molar-refractivity contribution in [1.82, 2.24) is 9.80 Å². The highest BCUT2D eigenvalue weighted by Crippen LogP contribution is 2.22. The average Bonchev–Trinajstić information content (AvgIpc) is 3.12. The summed E-state index contributed by atoms with van der Waals surface area (Å²) in [6.07, 6.45) is 1.64. The van der Waals surface area contributed by atoms with E-state index in [0.717, 1.165) is 10.4 Å². The van der Waals surface area contributed by atoms with Crippen molar-refractivity contribution in [3.8, 4) is 0 Å². The van der Waals surface area contributed by atoms with E-state index in [4.69, 9.17) is 11.6 Å². The second-order valence-corrected chi connectivity index (χ2v) is 9.38. The zero-order valence-corrected chi connectivity index (χ0v) is 18.9. The molecule has 2 aromatic rings. The summed E-state index contributed by atoms with van der Waals surface area (Å²) in [5.41, 5.74) is 0.316. The first-order valence-electron chi connectivity index (χ1n) is 9.60. The topological polar surface area (TPSA) is 40.6 Å². The van der Waals surface area contributed by atoms with E-state index in [2.05, 4.69) is 25.6 Å². The normalized spacial score (nSPS) is 11.2. The SMILES string of the molecule is C=CCN(CC(=O)N(Cc1ccccc1)Cc1ccc(C)s1)C(=O)C(C)(C)CCl. The van der Waals surface area contributed by atoms with Gasteiger partial charge in [-0.15, -0.1) is 29.5 Å². The first-order valence-corrected chi connectivity index (χ1v) is 10.9. The molecule has 0 radical (unpaired) electrons. The van der Waals surface area contributed by atoms with E-state index in [1.54, 1.807) is 36.2 Å². The molecule has 1 aromatic carbocycles. The van der Waals surface area contributed by atoms with Gasteiger partial charge in [0.1, 0.15) is 6.54 Å². The van der Waals surface area contributed by atoms with E-state index >= 15 is 0 Å². The highest BCUT2D eigenvalue weighted by Gasteiger charge is 2.32. The minimum atomic E-state index is -0.736. The number of nitrogens with zero attached hydrogens (tertiary/aromatic N) is 2. The van der Waals surface area contributed by atoms with Gasteiger partial charge in [-0.3, -0.25) is 9.59 Å². The Bertz CT molecular complexity index is 832. The molecule has 0 saturated carbocycles. The number of halogens is 1. The predicted molar refractivity (Wildman–Crippen MR) is 121 cm³/mol. The van der Waals surface area contributed by atoms with Gasteiger partial charge in [-0.05, 0) is 38.5 Å². The molecule has 0 aliphatic heterocycles. The van der Waals surface area contributed by atoms with Gasteiger partial charge in [-0.1, -0.05) is 36.4 Å². The molecule has 0 unspecified atom stereocenters. The first-order chi connectivity index (χ1) is 13.8. The van der Waals surface area contributed by atoms with E-state index in [-0.39, 0.29) is 24.2 Å². The maximum Gasteiger partial charge on any atom is 0.242 e. The quantitative estimate of drug-likeness (QED) is 0.397. The lowest BCUT2D eigenvalue weighted by Crippen LogP contribution is -2.47. The predicted octanol–water partition coefficient (Wildman–Crippen LogP) is 4.86. The van der Waals surface area contributed by atoms with Gasteiger partial charge in [0, 0.05) is 28.7 Å². The van der Waals surface area contributed by atoms with Gasteiger partial charge in [0.25, 0.3) is 0 Å². The molecule has 1 heterocycles. The van der Waals surface area contributed by atoms with Crippen molar-refractivity contribution in [3.05, 3.63) is 70.4 Å². The van der Waals surface area contributed by atoms with Crippen LogP contribution in [0.15, 0.2) is 55.1 Å². The number of benzene rings is 1. The molecule has 0 spiro atoms. The molecule has 156 valence electrons. The number of rotatable bonds is 10. The van der Waals surface area contributed by atoms with Crippen molar-refractivity contribution in [1.29, 1.82) is 0 Å². The largest absolute Gasteiger partial charge is 0.332 e. The second-order valence-electron chi connectivity index (χ2n) is 7.74. The summed E-state index contributed by atoms with van der Waals surface area (Å²) in [6, 6.07) is 14.0. The number of hydrogen-bond acceptors (Lipinski definition) is 3. The Morgan fingerprint density at radius 3 is 2.34 bits per heavy atom. The van der Waals surface area contributed by atoms with Gasteiger partial charge in [-0.25, -0.2) is 0 Å². The number of carbonyl (C=O) groups is 2. The maximum absolute atomic E-state index is 13.2. The highest BCUT2D eigenvalue weighted by atomic mass is 35.5. The van der Waals surface area contributed by atoms with Crippen LogP contribution >= 0.6 is 22.9 Å². The van der Waals surface area contributed by atoms with Crippen LogP contribution in [0.5, 0.6) is 0 Å². The van der Waals surface area contributed by atoms with Crippen LogP contribution in [0.2, 0.25) is 0 Å². The van der Waals surface area contributed by atoms with E-state index in [1.807, 2.05) is 30.3 Å². The van der Waals surface area contributed by atoms with Crippen LogP contribution in [0, 0.1) is 12.3 Å². The fourth-order valence-electron chi connectivity index (χ4n) is 2.92. The van der Waals surface area contributed by atoms with Crippen LogP contribution in [-0.2, 0) is 22.7 Å². The van der Waals surface area contributed by atoms with E-state index in [0.29, 0.717) is 19.6 Å². The molecule has 29 heavy (non-hydrogen) atoms. The molecule has 0 bridgehead atoms. The Balaban J connectivity index is 2.21. The van der Waals surface area contributed by atoms with Crippen LogP contribution in [0.4, 0.5) is 0 Å². The molecular formula is C23H29ClN2O2S. The summed E-state index contributed by atoms with van der Waals surface area (Å²) >= 11 is 7.66. The van der Waals surface area contributed by atoms with Crippen LogP contribution in [-0.4, -0.2) is 40.6 Å². The summed E-state index contributed by atoms with van der Waals surface area (Å²) in [4.78, 5) is 31.8. The third kappa shape index (κ3) is 6.72. The summed E-state index contributed by atoms with van der Waals surface area (Å²) < 4.78 is 0. The number of thiophene rings is 1. The smallest absolute Gasteiger partial charge is 0.242 e. The highest BCUT2D eigenvalue weighted by molar-refractivity contribution is 7.11. The molecule has 0 fully saturated rings. The van der Waals surface area contributed by atoms with Crippen LogP contribution in [0.3, 0.4) is 0 Å². The van der Waals surface area contributed by atoms with E-state index < -0.39 is 5.41 Å². The summed E-state index contributed by atoms with van der Waals surface area (Å²) in [6.45, 7) is 10.7. The first kappa shape index (κ1) is 23.2. The molecule has 0 N–H and O–H groups in total. The average molecular weight is 433 g/mol. The molecule has 1 aromatic heterocycles. The number of alkyl halides is 1. The number of amides is 2. The van der Waals surface area contributed by atoms with E-state index in [9.17, 15) is 9.59 Å². The third-order valence-corrected chi connectivity index (χ3v) is 6.24. The van der Waals surface area contributed by atoms with Crippen molar-refractivity contribution in [2.24, 2.45) is 5.41 Å². The monoisotopic (exact) mass is 432 g/mol. The summed E-state index contributed by atoms with van der Waals surface area (Å²) in [5, 5.41) is 0. The van der Waals surface area contributed by atoms with Crippen molar-refractivity contribution >= 4 is 34.8 Å². The number of carbonyl (C=O) groups excluding carboxylic acids is 2. The zero-order chi connectivity index (χ0) is 21.4. The molecule has 4 nitrogen and oxygen atoms in total. The Hall–Kier alpha value is -2.11. The molecule has 0 aliphatic carbocycles. The lowest BCUT2D eigenvalue weighted by molar-refractivity contribution is -0.145. The fraction of sp³-hybridized carbons (Fsp3) is 0.391. The Morgan fingerprint density at radius 2 is 1.79 bits per heavy atom. The zero-order valence-electron chi connectivity index (χ0n) is 17.4. The molecule has 2 amide bonds. The Labute approximate surface area is 182 Å². The summed E-state index contributed by atoms with van der Waals surface area (Å²) in [7, 11) is 0. The van der Waals surface area contributed by atoms with Crippen molar-refractivity contribution in [2.45, 2.75) is 33.9 Å². The molecule has 0 saturated heterocycles. The standard InChI is InChI=1S/C23H29ClN2O2S/c1-5-13-25(22(28)23(3,4)17-24)16-21(27)26(14-19-9-7-6-8-10-19)15-20-12-11-18(2)29-20/h5-12H,1,13-17H2,2-4H3. The van der Waals surface area contributed by atoms with Gasteiger partial charge in [0.2, 0.25) is 11.8 Å². The number of hydrogen-bond donors (Lipinski definition) is 0. The molecule has 0 atom stereocenters. The fourth-order valence-corrected chi connectivity index (χ4v) is 3.94. The molecular weight excluding hydrogens is 404 g/mol. The second kappa shape index (κ2) is 10.6. The van der Waals surface area contributed by atoms with Gasteiger partial charge in [0.15, 0.2) is 0 Å². The minimum absolute atomic E-state index is 0.00234. The van der Waals surface area contributed by atoms with Gasteiger partial charge >= 0.3 is 0 Å². The van der Waals surface area contributed by atoms with Gasteiger partial charge < -0.3 is 9.80 Å². The maximum atomic E-state index is 13.2. The van der Waals surface area contributed by atoms with Gasteiger partial charge in [0.05, 0.1) is 12.0 Å². The number of aryl methyl sites for hydroxylation is 1. The third-order valence-electron chi connectivity index (χ3n) is 4.59. The van der Waals surface area contributed by atoms with Crippen LogP contribution in [0.25, 0.3) is 0 Å². The van der Waals surface area contributed by atoms with Gasteiger partial charge in [-0.2, -0.15) is 0 Å². The van der Waals surface area contributed by atoms with Crippen molar-refractivity contribution in [3.63, 3.8) is 0 Å². The lowest BCUT2D eigenvalue weighted by Gasteiger charge is -2.31. The van der Waals surface area contributed by atoms with Crippen LogP contribution < -0.4 is 0 Å². The summed E-state index contributed by atoms with van der Waals surface area (Å²) in [5.74, 6) is -0.0524. The molecule has 6 heteroatoms.